The number of benzene rings is 1. The molecule has 4 rings (SSSR count). The predicted octanol–water partition coefficient (Wildman–Crippen LogP) is 5.23. The van der Waals surface area contributed by atoms with Gasteiger partial charge in [0.1, 0.15) is 0 Å². The van der Waals surface area contributed by atoms with Gasteiger partial charge < -0.3 is 14.7 Å². The van der Waals surface area contributed by atoms with Crippen molar-refractivity contribution in [3.05, 3.63) is 41.0 Å². The molecule has 1 aliphatic rings. The third kappa shape index (κ3) is 4.01. The highest BCUT2D eigenvalue weighted by Gasteiger charge is 2.42. The molecule has 1 aromatic carbocycles. The normalized spacial score (nSPS) is 19.0. The van der Waals surface area contributed by atoms with Crippen LogP contribution >= 0.6 is 11.6 Å². The second-order valence-corrected chi connectivity index (χ2v) is 9.22. The number of fused-ring (bicyclic) bond motifs is 1. The molecule has 3 aromatic rings. The summed E-state index contributed by atoms with van der Waals surface area (Å²) in [5.41, 5.74) is 2.37. The Labute approximate surface area is 193 Å². The van der Waals surface area contributed by atoms with Gasteiger partial charge >= 0.3 is 5.97 Å². The number of ether oxygens (including phenoxy) is 1. The van der Waals surface area contributed by atoms with E-state index in [1.165, 1.54) is 0 Å². The summed E-state index contributed by atoms with van der Waals surface area (Å²) in [5, 5.41) is 15.5. The average Bonchev–Trinajstić information content (AvgIpc) is 3.17. The smallest absolute Gasteiger partial charge is 0.311 e. The first-order valence-electron chi connectivity index (χ1n) is 11.1. The van der Waals surface area contributed by atoms with E-state index in [4.69, 9.17) is 26.4 Å². The van der Waals surface area contributed by atoms with Gasteiger partial charge in [-0.2, -0.15) is 9.61 Å². The van der Waals surface area contributed by atoms with Gasteiger partial charge in [0.2, 0.25) is 0 Å². The zero-order valence-corrected chi connectivity index (χ0v) is 19.7. The maximum Gasteiger partial charge on any atom is 0.311 e. The van der Waals surface area contributed by atoms with E-state index in [0.717, 1.165) is 35.7 Å². The molecule has 0 aliphatic carbocycles. The number of rotatable bonds is 6. The quantitative estimate of drug-likeness (QED) is 0.547. The molecule has 0 bridgehead atoms. The van der Waals surface area contributed by atoms with E-state index in [-0.39, 0.29) is 6.10 Å². The van der Waals surface area contributed by atoms with E-state index < -0.39 is 11.4 Å². The van der Waals surface area contributed by atoms with E-state index in [0.29, 0.717) is 35.8 Å². The molecule has 8 heteroatoms. The van der Waals surface area contributed by atoms with E-state index in [2.05, 4.69) is 4.90 Å². The lowest BCUT2D eigenvalue weighted by Crippen LogP contribution is -2.48. The molecular formula is C24H29ClN4O3. The molecule has 3 heterocycles. The second-order valence-electron chi connectivity index (χ2n) is 8.79. The Morgan fingerprint density at radius 2 is 2.03 bits per heavy atom. The maximum atomic E-state index is 12.2. The fraction of sp³-hybridized carbons (Fsp3) is 0.458. The standard InChI is InChI=1S/C24H29ClN4O3/c1-5-24(23(30)31)11-6-12-28(14-24)22-21(32-15(2)3)16(4)26-20-13-19(27-29(20)22)17-7-9-18(25)10-8-17/h7-10,13,15H,5-6,11-12,14H2,1-4H3,(H,30,31). The lowest BCUT2D eigenvalue weighted by Gasteiger charge is -2.41. The summed E-state index contributed by atoms with van der Waals surface area (Å²) in [6, 6.07) is 9.46. The van der Waals surface area contributed by atoms with E-state index in [1.54, 1.807) is 4.52 Å². The molecule has 0 spiro atoms. The molecule has 1 saturated heterocycles. The molecule has 0 radical (unpaired) electrons. The highest BCUT2D eigenvalue weighted by molar-refractivity contribution is 6.30. The van der Waals surface area contributed by atoms with E-state index in [1.807, 2.05) is 58.0 Å². The maximum absolute atomic E-state index is 12.2. The molecule has 1 atom stereocenters. The summed E-state index contributed by atoms with van der Waals surface area (Å²) >= 11 is 6.05. The van der Waals surface area contributed by atoms with Crippen LogP contribution in [-0.2, 0) is 4.79 Å². The lowest BCUT2D eigenvalue weighted by molar-refractivity contribution is -0.149. The topological polar surface area (TPSA) is 80.0 Å². The van der Waals surface area contributed by atoms with E-state index >= 15 is 0 Å². The second kappa shape index (κ2) is 8.62. The monoisotopic (exact) mass is 456 g/mol. The molecule has 1 unspecified atom stereocenters. The minimum absolute atomic E-state index is 0.0572. The largest absolute Gasteiger partial charge is 0.485 e. The Morgan fingerprint density at radius 1 is 1.31 bits per heavy atom. The number of carboxylic acid groups (broad SMARTS) is 1. The van der Waals surface area contributed by atoms with Crippen LogP contribution in [0.15, 0.2) is 30.3 Å². The SMILES string of the molecule is CCC1(C(=O)O)CCCN(c2c(OC(C)C)c(C)nc3cc(-c4ccc(Cl)cc4)nn23)C1. The Bertz CT molecular complexity index is 1140. The van der Waals surface area contributed by atoms with Crippen molar-refractivity contribution in [3.63, 3.8) is 0 Å². The molecule has 1 aliphatic heterocycles. The van der Waals surface area contributed by atoms with Gasteiger partial charge in [0.25, 0.3) is 0 Å². The van der Waals surface area contributed by atoms with Crippen LogP contribution < -0.4 is 9.64 Å². The van der Waals surface area contributed by atoms with Gasteiger partial charge in [-0.3, -0.25) is 4.79 Å². The number of hydrogen-bond acceptors (Lipinski definition) is 5. The Hall–Kier alpha value is -2.80. The number of aryl methyl sites for hydroxylation is 1. The molecule has 7 nitrogen and oxygen atoms in total. The zero-order chi connectivity index (χ0) is 23.0. The first-order chi connectivity index (χ1) is 15.2. The van der Waals surface area contributed by atoms with Crippen LogP contribution in [0.3, 0.4) is 0 Å². The van der Waals surface area contributed by atoms with Crippen LogP contribution in [0.2, 0.25) is 5.02 Å². The summed E-state index contributed by atoms with van der Waals surface area (Å²) in [6.45, 7) is 8.95. The van der Waals surface area contributed by atoms with Crippen molar-refractivity contribution >= 4 is 29.0 Å². The van der Waals surface area contributed by atoms with Gasteiger partial charge in [-0.25, -0.2) is 4.98 Å². The summed E-state index contributed by atoms with van der Waals surface area (Å²) < 4.78 is 7.99. The summed E-state index contributed by atoms with van der Waals surface area (Å²) in [4.78, 5) is 19.0. The number of hydrogen-bond donors (Lipinski definition) is 1. The van der Waals surface area contributed by atoms with Gasteiger partial charge in [0, 0.05) is 29.7 Å². The fourth-order valence-electron chi connectivity index (χ4n) is 4.43. The number of carboxylic acids is 1. The van der Waals surface area contributed by atoms with Gasteiger partial charge in [0.15, 0.2) is 17.2 Å². The number of aliphatic carboxylic acids is 1. The molecule has 0 saturated carbocycles. The van der Waals surface area contributed by atoms with Crippen LogP contribution in [0.5, 0.6) is 5.75 Å². The summed E-state index contributed by atoms with van der Waals surface area (Å²) in [6.07, 6.45) is 1.97. The Kier molecular flexibility index (Phi) is 6.03. The molecule has 2 aromatic heterocycles. The first-order valence-corrected chi connectivity index (χ1v) is 11.4. The number of carbonyl (C=O) groups is 1. The molecule has 1 fully saturated rings. The molecule has 32 heavy (non-hydrogen) atoms. The van der Waals surface area contributed by atoms with Crippen molar-refractivity contribution in [1.29, 1.82) is 0 Å². The summed E-state index contributed by atoms with van der Waals surface area (Å²) in [5.74, 6) is 0.663. The lowest BCUT2D eigenvalue weighted by atomic mass is 9.77. The average molecular weight is 457 g/mol. The first kappa shape index (κ1) is 22.4. The Balaban J connectivity index is 1.89. The molecule has 1 N–H and O–H groups in total. The van der Waals surface area contributed by atoms with Crippen molar-refractivity contribution < 1.29 is 14.6 Å². The van der Waals surface area contributed by atoms with Crippen LogP contribution in [0.4, 0.5) is 5.82 Å². The number of halogens is 1. The number of nitrogens with zero attached hydrogens (tertiary/aromatic N) is 4. The Morgan fingerprint density at radius 3 is 2.66 bits per heavy atom. The number of anilines is 1. The van der Waals surface area contributed by atoms with Gasteiger partial charge in [-0.15, -0.1) is 0 Å². The number of piperidine rings is 1. The fourth-order valence-corrected chi connectivity index (χ4v) is 4.55. The van der Waals surface area contributed by atoms with Crippen LogP contribution in [0.1, 0.15) is 45.7 Å². The van der Waals surface area contributed by atoms with Crippen LogP contribution in [0.25, 0.3) is 16.9 Å². The van der Waals surface area contributed by atoms with Crippen LogP contribution in [0, 0.1) is 12.3 Å². The zero-order valence-electron chi connectivity index (χ0n) is 18.9. The highest BCUT2D eigenvalue weighted by atomic mass is 35.5. The predicted molar refractivity (Wildman–Crippen MR) is 126 cm³/mol. The molecule has 0 amide bonds. The van der Waals surface area contributed by atoms with Crippen molar-refractivity contribution in [2.24, 2.45) is 5.41 Å². The van der Waals surface area contributed by atoms with Crippen molar-refractivity contribution in [2.75, 3.05) is 18.0 Å². The number of aromatic nitrogens is 3. The summed E-state index contributed by atoms with van der Waals surface area (Å²) in [7, 11) is 0. The highest BCUT2D eigenvalue weighted by Crippen LogP contribution is 2.40. The molecular weight excluding hydrogens is 428 g/mol. The third-order valence-electron chi connectivity index (χ3n) is 6.21. The van der Waals surface area contributed by atoms with E-state index in [9.17, 15) is 9.90 Å². The van der Waals surface area contributed by atoms with Gasteiger partial charge in [0.05, 0.1) is 22.9 Å². The van der Waals surface area contributed by atoms with Gasteiger partial charge in [-0.05, 0) is 52.2 Å². The molecule has 170 valence electrons. The van der Waals surface area contributed by atoms with Crippen molar-refractivity contribution in [2.45, 2.75) is 53.1 Å². The minimum atomic E-state index is -0.789. The van der Waals surface area contributed by atoms with Crippen molar-refractivity contribution in [1.82, 2.24) is 14.6 Å². The third-order valence-corrected chi connectivity index (χ3v) is 6.46. The minimum Gasteiger partial charge on any atom is -0.485 e. The van der Waals surface area contributed by atoms with Gasteiger partial charge in [-0.1, -0.05) is 30.7 Å². The van der Waals surface area contributed by atoms with Crippen LogP contribution in [-0.4, -0.2) is 44.9 Å². The van der Waals surface area contributed by atoms with Crippen molar-refractivity contribution in [3.8, 4) is 17.0 Å².